The summed E-state index contributed by atoms with van der Waals surface area (Å²) < 4.78 is 18.8. The Morgan fingerprint density at radius 1 is 1.11 bits per heavy atom. The van der Waals surface area contributed by atoms with E-state index in [1.54, 1.807) is 13.2 Å². The zero-order chi connectivity index (χ0) is 19.7. The number of benzene rings is 3. The maximum absolute atomic E-state index is 13.5. The fraction of sp³-hybridized carbons (Fsp3) is 0.292. The largest absolute Gasteiger partial charge is 0.497 e. The number of fused-ring (bicyclic) bond motifs is 1. The lowest BCUT2D eigenvalue weighted by atomic mass is 9.96. The number of rotatable bonds is 6. The summed E-state index contributed by atoms with van der Waals surface area (Å²) >= 11 is 0. The average Bonchev–Trinajstić information content (AvgIpc) is 3.55. The van der Waals surface area contributed by atoms with Gasteiger partial charge in [0.05, 0.1) is 13.0 Å². The molecule has 1 amide bonds. The van der Waals surface area contributed by atoms with Crippen LogP contribution in [0.3, 0.4) is 0 Å². The van der Waals surface area contributed by atoms with Crippen molar-refractivity contribution in [2.24, 2.45) is 0 Å². The first kappa shape index (κ1) is 18.5. The van der Waals surface area contributed by atoms with Crippen LogP contribution in [0.4, 0.5) is 4.39 Å². The molecule has 0 aromatic heterocycles. The Labute approximate surface area is 164 Å². The van der Waals surface area contributed by atoms with Crippen molar-refractivity contribution < 1.29 is 13.9 Å². The molecular weight excluding hydrogens is 353 g/mol. The van der Waals surface area contributed by atoms with E-state index in [1.807, 2.05) is 48.2 Å². The molecule has 1 aliphatic rings. The van der Waals surface area contributed by atoms with Gasteiger partial charge in [-0.05, 0) is 65.9 Å². The summed E-state index contributed by atoms with van der Waals surface area (Å²) in [6.07, 6.45) is 2.04. The summed E-state index contributed by atoms with van der Waals surface area (Å²) in [6, 6.07) is 18.8. The van der Waals surface area contributed by atoms with Gasteiger partial charge in [-0.25, -0.2) is 4.39 Å². The molecule has 0 spiro atoms. The highest BCUT2D eigenvalue weighted by Gasteiger charge is 2.35. The zero-order valence-corrected chi connectivity index (χ0v) is 16.2. The van der Waals surface area contributed by atoms with Crippen molar-refractivity contribution in [2.45, 2.75) is 38.3 Å². The number of carbonyl (C=O) groups is 1. The quantitative estimate of drug-likeness (QED) is 0.585. The van der Waals surface area contributed by atoms with Crippen LogP contribution in [-0.4, -0.2) is 24.0 Å². The lowest BCUT2D eigenvalue weighted by Crippen LogP contribution is -2.35. The van der Waals surface area contributed by atoms with Gasteiger partial charge in [0.2, 0.25) is 5.91 Å². The van der Waals surface area contributed by atoms with Gasteiger partial charge in [0.25, 0.3) is 0 Å². The van der Waals surface area contributed by atoms with Crippen molar-refractivity contribution in [2.75, 3.05) is 7.11 Å². The Morgan fingerprint density at radius 2 is 1.86 bits per heavy atom. The number of ether oxygens (including phenoxy) is 1. The third-order valence-corrected chi connectivity index (χ3v) is 5.45. The van der Waals surface area contributed by atoms with E-state index < -0.39 is 0 Å². The van der Waals surface area contributed by atoms with E-state index in [1.165, 1.54) is 12.1 Å². The van der Waals surface area contributed by atoms with Crippen LogP contribution < -0.4 is 4.74 Å². The topological polar surface area (TPSA) is 29.5 Å². The predicted octanol–water partition coefficient (Wildman–Crippen LogP) is 5.28. The van der Waals surface area contributed by atoms with Gasteiger partial charge in [0, 0.05) is 12.6 Å². The Balaban J connectivity index is 1.57. The molecule has 1 saturated carbocycles. The molecule has 0 radical (unpaired) electrons. The lowest BCUT2D eigenvalue weighted by Gasteiger charge is -2.26. The molecule has 3 nitrogen and oxygen atoms in total. The maximum Gasteiger partial charge on any atom is 0.230 e. The monoisotopic (exact) mass is 377 g/mol. The standard InChI is InChI=1S/C24H24FNO2/c1-16(18-6-7-20-14-23(28-2)11-8-19(20)13-18)24(27)26(22-9-10-22)15-17-4-3-5-21(25)12-17/h3-8,11-14,16,22H,9-10,15H2,1-2H3/t16-/m0/s1. The van der Waals surface area contributed by atoms with Gasteiger partial charge in [-0.1, -0.05) is 36.4 Å². The molecule has 3 aromatic rings. The molecule has 0 unspecified atom stereocenters. The minimum absolute atomic E-state index is 0.0969. The second kappa shape index (κ2) is 7.63. The van der Waals surface area contributed by atoms with Gasteiger partial charge in [-0.2, -0.15) is 0 Å². The van der Waals surface area contributed by atoms with Crippen molar-refractivity contribution in [3.05, 3.63) is 77.6 Å². The van der Waals surface area contributed by atoms with E-state index >= 15 is 0 Å². The summed E-state index contributed by atoms with van der Waals surface area (Å²) in [5.41, 5.74) is 1.82. The zero-order valence-electron chi connectivity index (χ0n) is 16.2. The number of amides is 1. The van der Waals surface area contributed by atoms with Crippen molar-refractivity contribution in [1.29, 1.82) is 0 Å². The van der Waals surface area contributed by atoms with E-state index in [-0.39, 0.29) is 23.7 Å². The molecule has 0 bridgehead atoms. The molecule has 1 aliphatic carbocycles. The lowest BCUT2D eigenvalue weighted by molar-refractivity contribution is -0.133. The van der Waals surface area contributed by atoms with Crippen LogP contribution in [-0.2, 0) is 11.3 Å². The molecule has 4 heteroatoms. The molecule has 3 aromatic carbocycles. The highest BCUT2D eigenvalue weighted by atomic mass is 19.1. The summed E-state index contributed by atoms with van der Waals surface area (Å²) in [7, 11) is 1.65. The highest BCUT2D eigenvalue weighted by molar-refractivity contribution is 5.88. The van der Waals surface area contributed by atoms with Crippen molar-refractivity contribution in [3.8, 4) is 5.75 Å². The van der Waals surface area contributed by atoms with Gasteiger partial charge in [0.1, 0.15) is 11.6 Å². The fourth-order valence-electron chi connectivity index (χ4n) is 3.64. The van der Waals surface area contributed by atoms with E-state index in [2.05, 4.69) is 6.07 Å². The SMILES string of the molecule is COc1ccc2cc([C@H](C)C(=O)N(Cc3cccc(F)c3)C3CC3)ccc2c1. The number of methoxy groups -OCH3 is 1. The second-order valence-corrected chi connectivity index (χ2v) is 7.52. The van der Waals surface area contributed by atoms with Crippen molar-refractivity contribution in [1.82, 2.24) is 4.90 Å². The third kappa shape index (κ3) is 3.86. The van der Waals surface area contributed by atoms with E-state index in [0.717, 1.165) is 40.5 Å². The van der Waals surface area contributed by atoms with Gasteiger partial charge in [-0.3, -0.25) is 4.79 Å². The molecular formula is C24H24FNO2. The van der Waals surface area contributed by atoms with Crippen molar-refractivity contribution in [3.63, 3.8) is 0 Å². The van der Waals surface area contributed by atoms with Gasteiger partial charge < -0.3 is 9.64 Å². The van der Waals surface area contributed by atoms with Crippen LogP contribution in [0.25, 0.3) is 10.8 Å². The first-order chi connectivity index (χ1) is 13.5. The van der Waals surface area contributed by atoms with E-state index in [0.29, 0.717) is 6.54 Å². The molecule has 0 N–H and O–H groups in total. The average molecular weight is 377 g/mol. The molecule has 0 saturated heterocycles. The van der Waals surface area contributed by atoms with Crippen LogP contribution in [0.15, 0.2) is 60.7 Å². The van der Waals surface area contributed by atoms with Crippen LogP contribution in [0.1, 0.15) is 36.8 Å². The number of halogens is 1. The number of carbonyl (C=O) groups excluding carboxylic acids is 1. The molecule has 28 heavy (non-hydrogen) atoms. The van der Waals surface area contributed by atoms with Gasteiger partial charge in [0.15, 0.2) is 0 Å². The second-order valence-electron chi connectivity index (χ2n) is 7.52. The number of hydrogen-bond donors (Lipinski definition) is 0. The summed E-state index contributed by atoms with van der Waals surface area (Å²) in [4.78, 5) is 15.2. The highest BCUT2D eigenvalue weighted by Crippen LogP contribution is 2.33. The van der Waals surface area contributed by atoms with Crippen molar-refractivity contribution >= 4 is 16.7 Å². The molecule has 1 fully saturated rings. The van der Waals surface area contributed by atoms with Crippen LogP contribution in [0, 0.1) is 5.82 Å². The summed E-state index contributed by atoms with van der Waals surface area (Å²) in [6.45, 7) is 2.41. The first-order valence-corrected chi connectivity index (χ1v) is 9.68. The van der Waals surface area contributed by atoms with E-state index in [4.69, 9.17) is 4.74 Å². The van der Waals surface area contributed by atoms with Gasteiger partial charge >= 0.3 is 0 Å². The molecule has 0 heterocycles. The molecule has 4 rings (SSSR count). The van der Waals surface area contributed by atoms with E-state index in [9.17, 15) is 9.18 Å². The van der Waals surface area contributed by atoms with Crippen LogP contribution in [0.2, 0.25) is 0 Å². The normalized spacial score (nSPS) is 14.7. The Bertz CT molecular complexity index is 1010. The van der Waals surface area contributed by atoms with Crippen LogP contribution in [0.5, 0.6) is 5.75 Å². The van der Waals surface area contributed by atoms with Gasteiger partial charge in [-0.15, -0.1) is 0 Å². The Morgan fingerprint density at radius 3 is 2.57 bits per heavy atom. The third-order valence-electron chi connectivity index (χ3n) is 5.45. The maximum atomic E-state index is 13.5. The summed E-state index contributed by atoms with van der Waals surface area (Å²) in [5, 5.41) is 2.17. The first-order valence-electron chi connectivity index (χ1n) is 9.68. The van der Waals surface area contributed by atoms with Crippen LogP contribution >= 0.6 is 0 Å². The molecule has 1 atom stereocenters. The molecule has 0 aliphatic heterocycles. The Kier molecular flexibility index (Phi) is 5.03. The fourth-order valence-corrected chi connectivity index (χ4v) is 3.64. The molecule has 144 valence electrons. The number of hydrogen-bond acceptors (Lipinski definition) is 2. The summed E-state index contributed by atoms with van der Waals surface area (Å²) in [5.74, 6) is 0.401. The number of nitrogens with zero attached hydrogens (tertiary/aromatic N) is 1. The smallest absolute Gasteiger partial charge is 0.230 e. The Hall–Kier alpha value is -2.88. The minimum Gasteiger partial charge on any atom is -0.497 e. The predicted molar refractivity (Wildman–Crippen MR) is 109 cm³/mol. The minimum atomic E-state index is -0.265.